The molecular weight excluding hydrogens is 328 g/mol. The normalized spacial score (nSPS) is 17.8. The third-order valence-electron chi connectivity index (χ3n) is 5.24. The summed E-state index contributed by atoms with van der Waals surface area (Å²) < 4.78 is 3.67. The molecule has 0 bridgehead atoms. The Morgan fingerprint density at radius 3 is 2.88 bits per heavy atom. The summed E-state index contributed by atoms with van der Waals surface area (Å²) in [5.74, 6) is 0.198. The van der Waals surface area contributed by atoms with E-state index < -0.39 is 0 Å². The van der Waals surface area contributed by atoms with Gasteiger partial charge < -0.3 is 4.90 Å². The van der Waals surface area contributed by atoms with E-state index in [4.69, 9.17) is 4.98 Å². The van der Waals surface area contributed by atoms with Crippen LogP contribution in [0.5, 0.6) is 0 Å². The van der Waals surface area contributed by atoms with Crippen molar-refractivity contribution in [2.75, 3.05) is 6.54 Å². The topological polar surface area (TPSA) is 68.3 Å². The molecule has 1 amide bonds. The van der Waals surface area contributed by atoms with Crippen LogP contribution in [0.3, 0.4) is 0 Å². The molecule has 7 heteroatoms. The first-order chi connectivity index (χ1) is 12.6. The Hall–Kier alpha value is -2.70. The Morgan fingerprint density at radius 1 is 1.23 bits per heavy atom. The number of carbonyl (C=O) groups excluding carboxylic acids is 1. The molecule has 3 aromatic rings. The lowest BCUT2D eigenvalue weighted by Crippen LogP contribution is -2.39. The molecule has 0 aromatic carbocycles. The number of aryl methyl sites for hydroxylation is 3. The predicted octanol–water partition coefficient (Wildman–Crippen LogP) is 2.46. The average Bonchev–Trinajstić information content (AvgIpc) is 3.28. The van der Waals surface area contributed by atoms with Crippen LogP contribution in [0.4, 0.5) is 0 Å². The lowest BCUT2D eigenvalue weighted by molar-refractivity contribution is -0.135. The number of hydrogen-bond acceptors (Lipinski definition) is 4. The standard InChI is InChI=1S/C19H24N6O/c1-14-13-16(22-18-9-11-21-25(14)18)17-5-3-4-12-24(17)19(26)7-6-15-8-10-20-23(15)2/h8-11,13,17H,3-7,12H2,1-2H3/t17-/m1/s1. The van der Waals surface area contributed by atoms with E-state index in [1.54, 1.807) is 12.4 Å². The maximum absolute atomic E-state index is 12.9. The molecule has 0 radical (unpaired) electrons. The van der Waals surface area contributed by atoms with Crippen molar-refractivity contribution in [2.24, 2.45) is 7.05 Å². The van der Waals surface area contributed by atoms with Crippen LogP contribution in [0, 0.1) is 6.92 Å². The summed E-state index contributed by atoms with van der Waals surface area (Å²) in [5, 5.41) is 8.47. The van der Waals surface area contributed by atoms with Crippen LogP contribution in [0.1, 0.15) is 48.8 Å². The highest BCUT2D eigenvalue weighted by atomic mass is 16.2. The van der Waals surface area contributed by atoms with Gasteiger partial charge in [-0.25, -0.2) is 9.50 Å². The SMILES string of the molecule is Cc1cc([C@H]2CCCCN2C(=O)CCc2ccnn2C)nc2ccnn12. The van der Waals surface area contributed by atoms with Crippen LogP contribution in [0.2, 0.25) is 0 Å². The number of amides is 1. The lowest BCUT2D eigenvalue weighted by Gasteiger charge is -2.35. The Bertz CT molecular complexity index is 927. The zero-order valence-electron chi connectivity index (χ0n) is 15.3. The summed E-state index contributed by atoms with van der Waals surface area (Å²) >= 11 is 0. The molecule has 4 rings (SSSR count). The Kier molecular flexibility index (Phi) is 4.44. The van der Waals surface area contributed by atoms with E-state index in [1.807, 2.05) is 40.2 Å². The van der Waals surface area contributed by atoms with E-state index in [0.29, 0.717) is 12.8 Å². The quantitative estimate of drug-likeness (QED) is 0.723. The number of aromatic nitrogens is 5. The minimum atomic E-state index is 0.0568. The van der Waals surface area contributed by atoms with Gasteiger partial charge in [0.05, 0.1) is 17.9 Å². The molecule has 1 fully saturated rings. The second kappa shape index (κ2) is 6.90. The average molecular weight is 352 g/mol. The summed E-state index contributed by atoms with van der Waals surface area (Å²) in [6.45, 7) is 2.84. The van der Waals surface area contributed by atoms with Crippen molar-refractivity contribution in [3.63, 3.8) is 0 Å². The molecule has 3 aromatic heterocycles. The molecular formula is C19H24N6O. The van der Waals surface area contributed by atoms with Crippen molar-refractivity contribution in [1.82, 2.24) is 29.3 Å². The number of fused-ring (bicyclic) bond motifs is 1. The van der Waals surface area contributed by atoms with E-state index >= 15 is 0 Å². The summed E-state index contributed by atoms with van der Waals surface area (Å²) in [4.78, 5) is 19.7. The van der Waals surface area contributed by atoms with Crippen molar-refractivity contribution >= 4 is 11.6 Å². The van der Waals surface area contributed by atoms with Gasteiger partial charge in [0, 0.05) is 43.7 Å². The van der Waals surface area contributed by atoms with Gasteiger partial charge in [0.15, 0.2) is 5.65 Å². The summed E-state index contributed by atoms with van der Waals surface area (Å²) in [5.41, 5.74) is 3.95. The van der Waals surface area contributed by atoms with Crippen molar-refractivity contribution in [3.05, 3.63) is 47.7 Å². The summed E-state index contributed by atoms with van der Waals surface area (Å²) in [6, 6.07) is 6.01. The number of piperidine rings is 1. The van der Waals surface area contributed by atoms with Crippen LogP contribution in [-0.4, -0.2) is 41.7 Å². The molecule has 1 atom stereocenters. The highest BCUT2D eigenvalue weighted by Gasteiger charge is 2.29. The largest absolute Gasteiger partial charge is 0.334 e. The van der Waals surface area contributed by atoms with Gasteiger partial charge in [-0.2, -0.15) is 10.2 Å². The second-order valence-corrected chi connectivity index (χ2v) is 6.97. The molecule has 0 N–H and O–H groups in total. The van der Waals surface area contributed by atoms with Gasteiger partial charge in [0.25, 0.3) is 0 Å². The highest BCUT2D eigenvalue weighted by molar-refractivity contribution is 5.77. The van der Waals surface area contributed by atoms with Crippen LogP contribution in [0.25, 0.3) is 5.65 Å². The maximum atomic E-state index is 12.9. The van der Waals surface area contributed by atoms with Gasteiger partial charge in [-0.15, -0.1) is 0 Å². The number of carbonyl (C=O) groups is 1. The molecule has 1 aliphatic rings. The van der Waals surface area contributed by atoms with Crippen LogP contribution in [-0.2, 0) is 18.3 Å². The number of likely N-dealkylation sites (tertiary alicyclic amines) is 1. The minimum absolute atomic E-state index is 0.0568. The molecule has 0 saturated carbocycles. The first kappa shape index (κ1) is 16.8. The second-order valence-electron chi connectivity index (χ2n) is 6.97. The molecule has 1 saturated heterocycles. The fraction of sp³-hybridized carbons (Fsp3) is 0.474. The number of rotatable bonds is 4. The molecule has 4 heterocycles. The number of nitrogens with zero attached hydrogens (tertiary/aromatic N) is 6. The van der Waals surface area contributed by atoms with E-state index in [0.717, 1.165) is 48.5 Å². The molecule has 1 aliphatic heterocycles. The van der Waals surface area contributed by atoms with Crippen molar-refractivity contribution < 1.29 is 4.79 Å². The van der Waals surface area contributed by atoms with Gasteiger partial charge in [-0.3, -0.25) is 9.48 Å². The molecule has 26 heavy (non-hydrogen) atoms. The van der Waals surface area contributed by atoms with Gasteiger partial charge in [-0.1, -0.05) is 0 Å². The van der Waals surface area contributed by atoms with E-state index in [1.165, 1.54) is 0 Å². The lowest BCUT2D eigenvalue weighted by atomic mass is 9.98. The van der Waals surface area contributed by atoms with Crippen molar-refractivity contribution in [3.8, 4) is 0 Å². The molecule has 7 nitrogen and oxygen atoms in total. The smallest absolute Gasteiger partial charge is 0.223 e. The fourth-order valence-electron chi connectivity index (χ4n) is 3.83. The van der Waals surface area contributed by atoms with Gasteiger partial charge >= 0.3 is 0 Å². The van der Waals surface area contributed by atoms with Crippen molar-refractivity contribution in [1.29, 1.82) is 0 Å². The van der Waals surface area contributed by atoms with Gasteiger partial charge in [0.2, 0.25) is 5.91 Å². The van der Waals surface area contributed by atoms with Crippen LogP contribution < -0.4 is 0 Å². The van der Waals surface area contributed by atoms with Crippen LogP contribution in [0.15, 0.2) is 30.6 Å². The van der Waals surface area contributed by atoms with Crippen molar-refractivity contribution in [2.45, 2.75) is 45.1 Å². The Labute approximate surface area is 152 Å². The minimum Gasteiger partial charge on any atom is -0.334 e. The van der Waals surface area contributed by atoms with E-state index in [9.17, 15) is 4.79 Å². The van der Waals surface area contributed by atoms with Gasteiger partial charge in [-0.05, 0) is 44.7 Å². The van der Waals surface area contributed by atoms with E-state index in [-0.39, 0.29) is 11.9 Å². The molecule has 0 aliphatic carbocycles. The Balaban J connectivity index is 1.55. The Morgan fingerprint density at radius 2 is 2.08 bits per heavy atom. The highest BCUT2D eigenvalue weighted by Crippen LogP contribution is 2.31. The van der Waals surface area contributed by atoms with Gasteiger partial charge in [0.1, 0.15) is 0 Å². The predicted molar refractivity (Wildman–Crippen MR) is 97.6 cm³/mol. The molecule has 0 spiro atoms. The van der Waals surface area contributed by atoms with Crippen LogP contribution >= 0.6 is 0 Å². The summed E-state index contributed by atoms with van der Waals surface area (Å²) in [6.07, 6.45) is 7.90. The molecule has 0 unspecified atom stereocenters. The maximum Gasteiger partial charge on any atom is 0.223 e. The first-order valence-corrected chi connectivity index (χ1v) is 9.21. The summed E-state index contributed by atoms with van der Waals surface area (Å²) in [7, 11) is 1.91. The first-order valence-electron chi connectivity index (χ1n) is 9.21. The third-order valence-corrected chi connectivity index (χ3v) is 5.24. The zero-order chi connectivity index (χ0) is 18.1. The monoisotopic (exact) mass is 352 g/mol. The fourth-order valence-corrected chi connectivity index (χ4v) is 3.83. The number of hydrogen-bond donors (Lipinski definition) is 0. The third kappa shape index (κ3) is 3.09. The molecule has 136 valence electrons. The van der Waals surface area contributed by atoms with E-state index in [2.05, 4.69) is 16.3 Å². The zero-order valence-corrected chi connectivity index (χ0v) is 15.3.